The largest absolute Gasteiger partial charge is 0.350 e. The van der Waals surface area contributed by atoms with Gasteiger partial charge in [0.25, 0.3) is 15.9 Å². The smallest absolute Gasteiger partial charge is 0.323 e. The zero-order valence-electron chi connectivity index (χ0n) is 18.0. The number of H-pyrrole nitrogens is 2. The van der Waals surface area contributed by atoms with Gasteiger partial charge in [0.2, 0.25) is 0 Å². The van der Waals surface area contributed by atoms with E-state index in [-0.39, 0.29) is 28.1 Å². The van der Waals surface area contributed by atoms with E-state index in [9.17, 15) is 18.0 Å². The van der Waals surface area contributed by atoms with Gasteiger partial charge in [0.15, 0.2) is 0 Å². The SMILES string of the molecule is CN(C)C(CNC(=O)c1ccccc1NS(=O)(=O)c1ccc2[nH]c(=O)[nH]c2c1)c1ccsc1. The lowest BCUT2D eigenvalue weighted by atomic mass is 10.1. The summed E-state index contributed by atoms with van der Waals surface area (Å²) in [5.74, 6) is -0.388. The van der Waals surface area contributed by atoms with Crippen molar-refractivity contribution in [2.75, 3.05) is 25.4 Å². The van der Waals surface area contributed by atoms with Crippen LogP contribution in [-0.2, 0) is 10.0 Å². The molecular formula is C22H23N5O4S2. The van der Waals surface area contributed by atoms with Crippen LogP contribution in [0, 0.1) is 0 Å². The molecule has 0 radical (unpaired) electrons. The number of carbonyl (C=O) groups is 1. The Morgan fingerprint density at radius 1 is 1.09 bits per heavy atom. The number of fused-ring (bicyclic) bond motifs is 1. The molecule has 0 saturated heterocycles. The normalized spacial score (nSPS) is 12.7. The lowest BCUT2D eigenvalue weighted by Crippen LogP contribution is -2.34. The maximum absolute atomic E-state index is 13.0. The van der Waals surface area contributed by atoms with Crippen LogP contribution in [0.15, 0.2) is 69.0 Å². The van der Waals surface area contributed by atoms with E-state index in [1.807, 2.05) is 35.8 Å². The van der Waals surface area contributed by atoms with Crippen LogP contribution in [0.5, 0.6) is 0 Å². The predicted molar refractivity (Wildman–Crippen MR) is 129 cm³/mol. The molecular weight excluding hydrogens is 462 g/mol. The Hall–Kier alpha value is -3.41. The monoisotopic (exact) mass is 485 g/mol. The molecule has 33 heavy (non-hydrogen) atoms. The highest BCUT2D eigenvalue weighted by molar-refractivity contribution is 7.92. The summed E-state index contributed by atoms with van der Waals surface area (Å²) in [7, 11) is -0.133. The molecule has 0 saturated carbocycles. The first-order chi connectivity index (χ1) is 15.7. The molecule has 1 unspecified atom stereocenters. The van der Waals surface area contributed by atoms with Gasteiger partial charge >= 0.3 is 5.69 Å². The molecule has 9 nitrogen and oxygen atoms in total. The zero-order valence-corrected chi connectivity index (χ0v) is 19.6. The lowest BCUT2D eigenvalue weighted by molar-refractivity contribution is 0.0943. The third-order valence-corrected chi connectivity index (χ3v) is 7.29. The number of hydrogen-bond donors (Lipinski definition) is 4. The number of para-hydroxylation sites is 1. The molecule has 11 heteroatoms. The molecule has 0 fully saturated rings. The van der Waals surface area contributed by atoms with E-state index >= 15 is 0 Å². The number of aromatic amines is 2. The second kappa shape index (κ2) is 9.22. The third kappa shape index (κ3) is 5.00. The number of nitrogens with zero attached hydrogens (tertiary/aromatic N) is 1. The number of benzene rings is 2. The second-order valence-electron chi connectivity index (χ2n) is 7.68. The summed E-state index contributed by atoms with van der Waals surface area (Å²) in [6.45, 7) is 0.362. The van der Waals surface area contributed by atoms with Crippen LogP contribution < -0.4 is 15.7 Å². The van der Waals surface area contributed by atoms with Crippen LogP contribution in [0.2, 0.25) is 0 Å². The van der Waals surface area contributed by atoms with Crippen molar-refractivity contribution >= 4 is 44.0 Å². The molecule has 1 atom stereocenters. The number of anilines is 1. The highest BCUT2D eigenvalue weighted by Gasteiger charge is 2.21. The number of amides is 1. The van der Waals surface area contributed by atoms with E-state index < -0.39 is 15.7 Å². The maximum Gasteiger partial charge on any atom is 0.323 e. The number of imidazole rings is 1. The summed E-state index contributed by atoms with van der Waals surface area (Å²) in [4.78, 5) is 31.5. The van der Waals surface area contributed by atoms with Gasteiger partial charge in [0, 0.05) is 6.54 Å². The Labute approximate surface area is 194 Å². The average molecular weight is 486 g/mol. The molecule has 0 aliphatic carbocycles. The third-order valence-electron chi connectivity index (χ3n) is 5.22. The van der Waals surface area contributed by atoms with E-state index in [1.165, 1.54) is 24.3 Å². The fourth-order valence-corrected chi connectivity index (χ4v) is 5.31. The molecule has 0 aliphatic rings. The maximum atomic E-state index is 13.0. The molecule has 1 amide bonds. The van der Waals surface area contributed by atoms with Crippen molar-refractivity contribution in [1.82, 2.24) is 20.2 Å². The van der Waals surface area contributed by atoms with E-state index in [1.54, 1.807) is 29.5 Å². The number of sulfonamides is 1. The van der Waals surface area contributed by atoms with Gasteiger partial charge < -0.3 is 20.2 Å². The van der Waals surface area contributed by atoms with Gasteiger partial charge in [-0.2, -0.15) is 11.3 Å². The summed E-state index contributed by atoms with van der Waals surface area (Å²) in [6, 6.07) is 12.7. The van der Waals surface area contributed by atoms with Crippen molar-refractivity contribution in [2.24, 2.45) is 0 Å². The van der Waals surface area contributed by atoms with E-state index in [2.05, 4.69) is 20.0 Å². The van der Waals surface area contributed by atoms with Crippen LogP contribution in [0.3, 0.4) is 0 Å². The minimum atomic E-state index is -4.00. The van der Waals surface area contributed by atoms with Crippen molar-refractivity contribution in [1.29, 1.82) is 0 Å². The lowest BCUT2D eigenvalue weighted by Gasteiger charge is -2.24. The molecule has 2 aromatic carbocycles. The molecule has 2 heterocycles. The van der Waals surface area contributed by atoms with Crippen LogP contribution in [-0.4, -0.2) is 49.8 Å². The Kier molecular flexibility index (Phi) is 6.36. The van der Waals surface area contributed by atoms with E-state index in [4.69, 9.17) is 0 Å². The van der Waals surface area contributed by atoms with Gasteiger partial charge in [-0.15, -0.1) is 0 Å². The number of thiophene rings is 1. The minimum absolute atomic E-state index is 0.0145. The first kappa shape index (κ1) is 22.8. The number of hydrogen-bond acceptors (Lipinski definition) is 6. The van der Waals surface area contributed by atoms with Gasteiger partial charge in [-0.1, -0.05) is 12.1 Å². The number of rotatable bonds is 8. The highest BCUT2D eigenvalue weighted by Crippen LogP contribution is 2.23. The summed E-state index contributed by atoms with van der Waals surface area (Å²) < 4.78 is 28.5. The van der Waals surface area contributed by atoms with Crippen LogP contribution in [0.25, 0.3) is 11.0 Å². The first-order valence-electron chi connectivity index (χ1n) is 10.1. The Balaban J connectivity index is 1.55. The standard InChI is InChI=1S/C22H23N5O4S2/c1-27(2)20(14-9-10-32-13-14)12-23-21(28)16-5-3-4-6-17(16)26-33(30,31)15-7-8-18-19(11-15)25-22(29)24-18/h3-11,13,20,26H,12H2,1-2H3,(H,23,28)(H2,24,25,29). The van der Waals surface area contributed by atoms with Crippen molar-refractivity contribution in [3.63, 3.8) is 0 Å². The van der Waals surface area contributed by atoms with Crippen molar-refractivity contribution in [3.8, 4) is 0 Å². The number of aromatic nitrogens is 2. The van der Waals surface area contributed by atoms with Gasteiger partial charge in [0.05, 0.1) is 33.2 Å². The molecule has 0 spiro atoms. The minimum Gasteiger partial charge on any atom is -0.350 e. The Morgan fingerprint density at radius 3 is 2.58 bits per heavy atom. The summed E-state index contributed by atoms with van der Waals surface area (Å²) in [5, 5.41) is 6.93. The van der Waals surface area contributed by atoms with Gasteiger partial charge in [-0.3, -0.25) is 9.52 Å². The van der Waals surface area contributed by atoms with Crippen LogP contribution in [0.1, 0.15) is 22.0 Å². The van der Waals surface area contributed by atoms with E-state index in [0.29, 0.717) is 17.6 Å². The van der Waals surface area contributed by atoms with Crippen molar-refractivity contribution < 1.29 is 13.2 Å². The van der Waals surface area contributed by atoms with Crippen molar-refractivity contribution in [2.45, 2.75) is 10.9 Å². The predicted octanol–water partition coefficient (Wildman–Crippen LogP) is 2.75. The van der Waals surface area contributed by atoms with Gasteiger partial charge in [-0.25, -0.2) is 13.2 Å². The second-order valence-corrected chi connectivity index (χ2v) is 10.1. The number of nitrogens with one attached hydrogen (secondary N) is 4. The molecule has 4 aromatic rings. The fourth-order valence-electron chi connectivity index (χ4n) is 3.50. The van der Waals surface area contributed by atoms with Gasteiger partial charge in [0.1, 0.15) is 0 Å². The Bertz CT molecular complexity index is 1440. The average Bonchev–Trinajstić information content (AvgIpc) is 3.42. The molecule has 4 rings (SSSR count). The summed E-state index contributed by atoms with van der Waals surface area (Å²) in [5.41, 5.74) is 1.91. The molecule has 4 N–H and O–H groups in total. The van der Waals surface area contributed by atoms with Crippen LogP contribution in [0.4, 0.5) is 5.69 Å². The van der Waals surface area contributed by atoms with Crippen molar-refractivity contribution in [3.05, 3.63) is 80.9 Å². The highest BCUT2D eigenvalue weighted by atomic mass is 32.2. The summed E-state index contributed by atoms with van der Waals surface area (Å²) >= 11 is 1.59. The van der Waals surface area contributed by atoms with Crippen LogP contribution >= 0.6 is 11.3 Å². The van der Waals surface area contributed by atoms with E-state index in [0.717, 1.165) is 5.56 Å². The zero-order chi connectivity index (χ0) is 23.6. The summed E-state index contributed by atoms with van der Waals surface area (Å²) in [6.07, 6.45) is 0. The molecule has 172 valence electrons. The molecule has 0 aliphatic heterocycles. The molecule has 0 bridgehead atoms. The number of carbonyl (C=O) groups excluding carboxylic acids is 1. The molecule has 2 aromatic heterocycles. The Morgan fingerprint density at radius 2 is 1.85 bits per heavy atom. The van der Waals surface area contributed by atoms with Gasteiger partial charge in [-0.05, 0) is 66.8 Å². The topological polar surface area (TPSA) is 127 Å². The first-order valence-corrected chi connectivity index (χ1v) is 12.5. The fraction of sp³-hybridized carbons (Fsp3) is 0.182. The number of likely N-dealkylation sites (N-methyl/N-ethyl adjacent to an activating group) is 1. The quantitative estimate of drug-likeness (QED) is 0.305.